The van der Waals surface area contributed by atoms with Crippen LogP contribution in [0.5, 0.6) is 0 Å². The molecule has 0 aliphatic carbocycles. The number of benzene rings is 2. The predicted octanol–water partition coefficient (Wildman–Crippen LogP) is 1.98. The molecule has 0 spiro atoms. The molecule has 148 valence electrons. The Morgan fingerprint density at radius 2 is 1.86 bits per heavy atom. The van der Waals surface area contributed by atoms with E-state index in [4.69, 9.17) is 4.74 Å². The van der Waals surface area contributed by atoms with Crippen molar-refractivity contribution in [2.24, 2.45) is 0 Å². The second-order valence-corrected chi connectivity index (χ2v) is 6.06. The predicted molar refractivity (Wildman–Crippen MR) is 102 cm³/mol. The molecule has 3 aromatic rings. The Labute approximate surface area is 166 Å². The maximum absolute atomic E-state index is 12.9. The van der Waals surface area contributed by atoms with Crippen molar-refractivity contribution < 1.29 is 18.7 Å². The number of ether oxygens (including phenoxy) is 1. The van der Waals surface area contributed by atoms with Crippen molar-refractivity contribution in [1.82, 2.24) is 25.5 Å². The number of esters is 1. The molecule has 0 aliphatic rings. The number of aryl methyl sites for hydroxylation is 1. The Morgan fingerprint density at radius 3 is 2.52 bits per heavy atom. The monoisotopic (exact) mass is 395 g/mol. The minimum atomic E-state index is -0.749. The van der Waals surface area contributed by atoms with E-state index in [0.717, 1.165) is 11.1 Å². The molecule has 0 atom stereocenters. The third-order valence-electron chi connectivity index (χ3n) is 3.90. The van der Waals surface area contributed by atoms with Crippen molar-refractivity contribution in [3.05, 3.63) is 77.4 Å². The third kappa shape index (κ3) is 5.55. The maximum Gasteiger partial charge on any atom is 0.357 e. The molecule has 1 heterocycles. The van der Waals surface area contributed by atoms with E-state index in [1.807, 2.05) is 30.3 Å². The normalized spacial score (nSPS) is 11.2. The van der Waals surface area contributed by atoms with E-state index in [1.54, 1.807) is 25.1 Å². The Bertz CT molecular complexity index is 1020. The largest absolute Gasteiger partial charge is 0.451 e. The highest BCUT2D eigenvalue weighted by atomic mass is 19.1. The van der Waals surface area contributed by atoms with Gasteiger partial charge in [0.25, 0.3) is 5.91 Å². The minimum absolute atomic E-state index is 0.0741. The maximum atomic E-state index is 12.9. The van der Waals surface area contributed by atoms with Crippen molar-refractivity contribution in [2.45, 2.75) is 13.5 Å². The molecule has 0 aliphatic heterocycles. The first-order chi connectivity index (χ1) is 14.0. The standard InChI is InChI=1S/C20H18FN5O3/c1-14-23-24-25-26(14)18(11-15-5-3-2-4-6-15)20(28)29-13-19(27)22-12-16-7-9-17(21)10-8-16/h2-11H,12-13H2,1H3,(H,22,27)/b18-11-. The van der Waals surface area contributed by atoms with Crippen molar-refractivity contribution in [1.29, 1.82) is 0 Å². The number of nitrogens with one attached hydrogen (secondary N) is 1. The van der Waals surface area contributed by atoms with Gasteiger partial charge in [-0.05, 0) is 46.7 Å². The molecule has 1 amide bonds. The number of carbonyl (C=O) groups is 2. The van der Waals surface area contributed by atoms with Crippen molar-refractivity contribution in [2.75, 3.05) is 6.61 Å². The zero-order valence-corrected chi connectivity index (χ0v) is 15.6. The van der Waals surface area contributed by atoms with Crippen molar-refractivity contribution >= 4 is 23.6 Å². The topological polar surface area (TPSA) is 99.0 Å². The van der Waals surface area contributed by atoms with Crippen LogP contribution in [-0.4, -0.2) is 38.7 Å². The molecule has 0 saturated heterocycles. The summed E-state index contributed by atoms with van der Waals surface area (Å²) in [6.07, 6.45) is 1.57. The van der Waals surface area contributed by atoms with Crippen molar-refractivity contribution in [3.8, 4) is 0 Å². The summed E-state index contributed by atoms with van der Waals surface area (Å²) in [6, 6.07) is 14.8. The fraction of sp³-hybridized carbons (Fsp3) is 0.150. The van der Waals surface area contributed by atoms with Gasteiger partial charge in [-0.15, -0.1) is 5.10 Å². The van der Waals surface area contributed by atoms with Crippen LogP contribution in [0.1, 0.15) is 17.0 Å². The number of hydrogen-bond acceptors (Lipinski definition) is 6. The lowest BCUT2D eigenvalue weighted by molar-refractivity contribution is -0.143. The van der Waals surface area contributed by atoms with E-state index >= 15 is 0 Å². The molecule has 29 heavy (non-hydrogen) atoms. The molecule has 1 aromatic heterocycles. The van der Waals surface area contributed by atoms with Crippen LogP contribution in [0.25, 0.3) is 11.8 Å². The van der Waals surface area contributed by atoms with Gasteiger partial charge in [0, 0.05) is 6.54 Å². The molecular formula is C20H18FN5O3. The number of nitrogens with zero attached hydrogens (tertiary/aromatic N) is 4. The summed E-state index contributed by atoms with van der Waals surface area (Å²) in [4.78, 5) is 24.6. The van der Waals surface area contributed by atoms with E-state index in [9.17, 15) is 14.0 Å². The van der Waals surface area contributed by atoms with Crippen LogP contribution < -0.4 is 5.32 Å². The average molecular weight is 395 g/mol. The number of carbonyl (C=O) groups excluding carboxylic acids is 2. The fourth-order valence-corrected chi connectivity index (χ4v) is 2.43. The highest BCUT2D eigenvalue weighted by molar-refractivity contribution is 6.15. The smallest absolute Gasteiger partial charge is 0.357 e. The number of tetrazole rings is 1. The van der Waals surface area contributed by atoms with E-state index in [2.05, 4.69) is 20.8 Å². The van der Waals surface area contributed by atoms with Crippen LogP contribution in [0.15, 0.2) is 54.6 Å². The molecule has 0 fully saturated rings. The van der Waals surface area contributed by atoms with E-state index in [-0.39, 0.29) is 18.1 Å². The summed E-state index contributed by atoms with van der Waals surface area (Å²) in [5, 5.41) is 13.7. The lowest BCUT2D eigenvalue weighted by Crippen LogP contribution is -2.29. The molecule has 8 nitrogen and oxygen atoms in total. The zero-order valence-electron chi connectivity index (χ0n) is 15.6. The fourth-order valence-electron chi connectivity index (χ4n) is 2.43. The molecular weight excluding hydrogens is 377 g/mol. The van der Waals surface area contributed by atoms with Crippen LogP contribution in [-0.2, 0) is 20.9 Å². The van der Waals surface area contributed by atoms with Gasteiger partial charge >= 0.3 is 5.97 Å². The quantitative estimate of drug-likeness (QED) is 0.485. The first kappa shape index (κ1) is 19.9. The Morgan fingerprint density at radius 1 is 1.14 bits per heavy atom. The summed E-state index contributed by atoms with van der Waals surface area (Å²) >= 11 is 0. The number of amides is 1. The summed E-state index contributed by atoms with van der Waals surface area (Å²) in [6.45, 7) is 1.35. The molecule has 2 aromatic carbocycles. The minimum Gasteiger partial charge on any atom is -0.451 e. The molecule has 0 radical (unpaired) electrons. The highest BCUT2D eigenvalue weighted by Crippen LogP contribution is 2.13. The average Bonchev–Trinajstić information content (AvgIpc) is 3.16. The lowest BCUT2D eigenvalue weighted by Gasteiger charge is -2.10. The van der Waals surface area contributed by atoms with Crippen LogP contribution in [0.3, 0.4) is 0 Å². The second kappa shape index (κ2) is 9.36. The molecule has 0 saturated carbocycles. The van der Waals surface area contributed by atoms with Gasteiger partial charge in [-0.2, -0.15) is 4.68 Å². The van der Waals surface area contributed by atoms with Gasteiger partial charge < -0.3 is 10.1 Å². The van der Waals surface area contributed by atoms with Gasteiger partial charge in [-0.25, -0.2) is 9.18 Å². The Hall–Kier alpha value is -3.88. The third-order valence-corrected chi connectivity index (χ3v) is 3.90. The van der Waals surface area contributed by atoms with E-state index in [0.29, 0.717) is 5.82 Å². The first-order valence-corrected chi connectivity index (χ1v) is 8.73. The molecule has 0 bridgehead atoms. The van der Waals surface area contributed by atoms with Crippen LogP contribution in [0.4, 0.5) is 4.39 Å². The molecule has 3 rings (SSSR count). The van der Waals surface area contributed by atoms with Crippen molar-refractivity contribution in [3.63, 3.8) is 0 Å². The van der Waals surface area contributed by atoms with Gasteiger partial charge in [-0.1, -0.05) is 42.5 Å². The molecule has 1 N–H and O–H groups in total. The van der Waals surface area contributed by atoms with Gasteiger partial charge in [0.1, 0.15) is 5.82 Å². The highest BCUT2D eigenvalue weighted by Gasteiger charge is 2.19. The van der Waals surface area contributed by atoms with E-state index in [1.165, 1.54) is 16.8 Å². The summed E-state index contributed by atoms with van der Waals surface area (Å²) < 4.78 is 19.3. The summed E-state index contributed by atoms with van der Waals surface area (Å²) in [7, 11) is 0. The number of aromatic nitrogens is 4. The van der Waals surface area contributed by atoms with Crippen LogP contribution in [0.2, 0.25) is 0 Å². The number of hydrogen-bond donors (Lipinski definition) is 1. The van der Waals surface area contributed by atoms with Gasteiger partial charge in [-0.3, -0.25) is 4.79 Å². The first-order valence-electron chi connectivity index (χ1n) is 8.73. The van der Waals surface area contributed by atoms with Gasteiger partial charge in [0.2, 0.25) is 0 Å². The molecule has 0 unspecified atom stereocenters. The number of halogens is 1. The second-order valence-electron chi connectivity index (χ2n) is 6.06. The summed E-state index contributed by atoms with van der Waals surface area (Å²) in [5.41, 5.74) is 1.54. The van der Waals surface area contributed by atoms with Gasteiger partial charge in [0.05, 0.1) is 0 Å². The van der Waals surface area contributed by atoms with Gasteiger partial charge in [0.15, 0.2) is 18.1 Å². The number of rotatable bonds is 7. The van der Waals surface area contributed by atoms with Crippen LogP contribution in [0, 0.1) is 12.7 Å². The SMILES string of the molecule is Cc1nnnn1/C(=C\c1ccccc1)C(=O)OCC(=O)NCc1ccc(F)cc1. The lowest BCUT2D eigenvalue weighted by atomic mass is 10.2. The van der Waals surface area contributed by atoms with Crippen LogP contribution >= 0.6 is 0 Å². The summed E-state index contributed by atoms with van der Waals surface area (Å²) in [5.74, 6) is -1.20. The Kier molecular flexibility index (Phi) is 6.41. The zero-order chi connectivity index (χ0) is 20.6. The molecule has 9 heteroatoms. The Balaban J connectivity index is 1.64. The van der Waals surface area contributed by atoms with E-state index < -0.39 is 18.5 Å².